The number of hydrogen-bond donors (Lipinski definition) is 2. The first-order valence-electron chi connectivity index (χ1n) is 33.0. The van der Waals surface area contributed by atoms with Crippen molar-refractivity contribution in [2.75, 3.05) is 109 Å². The van der Waals surface area contributed by atoms with E-state index in [2.05, 4.69) is 87.0 Å². The summed E-state index contributed by atoms with van der Waals surface area (Å²) >= 11 is 1.55. The number of amides is 4. The Balaban J connectivity index is 0.627. The molecule has 2 aromatic heterocycles. The molecule has 4 amide bonds. The molecule has 4 aliphatic heterocycles. The Bertz CT molecular complexity index is 3620. The molecule has 11 rings (SSSR count). The Morgan fingerprint density at radius 3 is 2.30 bits per heavy atom. The third-order valence-electron chi connectivity index (χ3n) is 18.8. The fraction of sp³-hybridized carbons (Fsp3) is 0.543. The van der Waals surface area contributed by atoms with Crippen molar-refractivity contribution in [1.82, 2.24) is 39.9 Å². The summed E-state index contributed by atoms with van der Waals surface area (Å²) in [7, 11) is 3.62. The van der Waals surface area contributed by atoms with Crippen LogP contribution in [0.4, 0.5) is 21.1 Å². The number of likely N-dealkylation sites (N-methyl/N-ethyl adjacent to an activating group) is 2. The van der Waals surface area contributed by atoms with Gasteiger partial charge in [-0.3, -0.25) is 19.4 Å². The molecule has 0 spiro atoms. The molecule has 0 radical (unpaired) electrons. The number of piperazine rings is 1. The second kappa shape index (κ2) is 30.5. The summed E-state index contributed by atoms with van der Waals surface area (Å²) in [6, 6.07) is 27.2. The molecule has 4 aromatic carbocycles. The number of nitriles is 1. The molecule has 23 heteroatoms. The Labute approximate surface area is 549 Å². The van der Waals surface area contributed by atoms with E-state index in [4.69, 9.17) is 43.4 Å². The zero-order chi connectivity index (χ0) is 65.2. The van der Waals surface area contributed by atoms with Gasteiger partial charge in [-0.25, -0.2) is 14.6 Å². The van der Waals surface area contributed by atoms with Crippen LogP contribution in [0.3, 0.4) is 0 Å². The second-order valence-corrected chi connectivity index (χ2v) is 27.0. The number of likely N-dealkylation sites (tertiary alicyclic amines) is 2. The van der Waals surface area contributed by atoms with Crippen molar-refractivity contribution in [3.63, 3.8) is 0 Å². The van der Waals surface area contributed by atoms with E-state index in [1.54, 1.807) is 46.1 Å². The van der Waals surface area contributed by atoms with Crippen LogP contribution in [0, 0.1) is 17.2 Å². The molecule has 2 unspecified atom stereocenters. The lowest BCUT2D eigenvalue weighted by molar-refractivity contribution is -0.140. The molecule has 1 saturated carbocycles. The zero-order valence-electron chi connectivity index (χ0n) is 54.5. The highest BCUT2D eigenvalue weighted by Gasteiger charge is 2.42. The summed E-state index contributed by atoms with van der Waals surface area (Å²) in [5, 5.41) is 29.9. The third-order valence-corrected chi connectivity index (χ3v) is 19.8. The van der Waals surface area contributed by atoms with Gasteiger partial charge in [0.2, 0.25) is 11.8 Å². The minimum Gasteiger partial charge on any atom is -0.491 e. The van der Waals surface area contributed by atoms with Gasteiger partial charge in [0.05, 0.1) is 81.6 Å². The van der Waals surface area contributed by atoms with E-state index in [1.165, 1.54) is 20.6 Å². The van der Waals surface area contributed by atoms with Crippen LogP contribution in [0.5, 0.6) is 11.8 Å². The molecular weight excluding hydrogens is 1200 g/mol. The average Bonchev–Trinajstić information content (AvgIpc) is 1.46. The van der Waals surface area contributed by atoms with Crippen LogP contribution < -0.4 is 24.6 Å². The van der Waals surface area contributed by atoms with Gasteiger partial charge in [0, 0.05) is 85.3 Å². The number of aromatic nitrogens is 3. The van der Waals surface area contributed by atoms with E-state index in [-0.39, 0.29) is 54.9 Å². The Hall–Kier alpha value is -7.88. The number of carbonyl (C=O) groups excluding carboxylic acids is 3. The maximum absolute atomic E-state index is 14.7. The highest BCUT2D eigenvalue weighted by atomic mass is 32.1. The van der Waals surface area contributed by atoms with Crippen LogP contribution in [0.1, 0.15) is 108 Å². The standard InChI is InChI=1S/C70H89N11O11S/c1-46(77(6)69(86)92-70(2,3)4)64(82)74-62(48-17-8-7-9-18-48)66(83)81-30-15-24-60(81)65-72-58(45-93-65)54-25-26-61(55-22-13-12-21-53(54)55)90-39-37-88-35-34-87-36-38-89-51-40-50(76(5)42-51)44-91-67-73-57-43-78(59-23-14-19-47-16-10-11-20-52(47)59)31-28-56(57)63(75-67)79-32-33-80(68(84)85)49(41-79)27-29-71/h10-14,16,19-23,25-26,45-46,48-51,60,62H,7-9,15,17-18,24,27-28,30-44H2,1-6H3,(H,74,82)(H,84,85)/t46?,49-,50-,51+,60-,62?/m0/s1. The molecule has 3 saturated heterocycles. The Morgan fingerprint density at radius 1 is 0.785 bits per heavy atom. The summed E-state index contributed by atoms with van der Waals surface area (Å²) in [4.78, 5) is 80.1. The third kappa shape index (κ3) is 16.0. The summed E-state index contributed by atoms with van der Waals surface area (Å²) in [5.41, 5.74) is 4.12. The molecule has 6 atom stereocenters. The lowest BCUT2D eigenvalue weighted by Crippen LogP contribution is -2.56. The summed E-state index contributed by atoms with van der Waals surface area (Å²) < 4.78 is 36.5. The number of carbonyl (C=O) groups is 4. The molecular formula is C70H89N11O11S. The lowest BCUT2D eigenvalue weighted by Gasteiger charge is -2.41. The van der Waals surface area contributed by atoms with Gasteiger partial charge in [-0.05, 0) is 108 Å². The van der Waals surface area contributed by atoms with E-state index in [1.807, 2.05) is 35.2 Å². The van der Waals surface area contributed by atoms with E-state index in [0.29, 0.717) is 78.8 Å². The van der Waals surface area contributed by atoms with Crippen LogP contribution in [0.2, 0.25) is 0 Å². The van der Waals surface area contributed by atoms with Crippen molar-refractivity contribution in [2.45, 2.75) is 140 Å². The first-order valence-corrected chi connectivity index (χ1v) is 33.9. The number of carboxylic acid groups (broad SMARTS) is 1. The number of ether oxygens (including phenoxy) is 6. The zero-order valence-corrected chi connectivity index (χ0v) is 55.3. The predicted octanol–water partition coefficient (Wildman–Crippen LogP) is 10.1. The molecule has 6 heterocycles. The Kier molecular flexibility index (Phi) is 21.8. The number of anilines is 2. The number of benzene rings is 4. The van der Waals surface area contributed by atoms with Gasteiger partial charge < -0.3 is 58.4 Å². The SMILES string of the molecule is CC(C(=O)NC(C(=O)N1CCC[C@H]1c1nc(-c2ccc(OCCOCCOCCO[C@@H]3C[C@@H](COc4nc5c(c(N6CCN(C(=O)O)[C@@H](CC#N)C6)n4)CCN(c4cccc6ccccc46)C5)N(C)C3)c3ccccc23)cs1)C1CCCCC1)N(C)C(=O)OC(C)(C)C. The highest BCUT2D eigenvalue weighted by Crippen LogP contribution is 2.41. The number of fused-ring (bicyclic) bond motifs is 3. The smallest absolute Gasteiger partial charge is 0.410 e. The number of nitrogens with zero attached hydrogens (tertiary/aromatic N) is 10. The van der Waals surface area contributed by atoms with Crippen LogP contribution in [0.25, 0.3) is 32.8 Å². The molecule has 6 aromatic rings. The average molecular weight is 1290 g/mol. The van der Waals surface area contributed by atoms with Gasteiger partial charge in [0.15, 0.2) is 0 Å². The topological polar surface area (TPSA) is 238 Å². The minimum atomic E-state index is -1.02. The van der Waals surface area contributed by atoms with Crippen molar-refractivity contribution in [2.24, 2.45) is 5.92 Å². The minimum absolute atomic E-state index is 0.00166. The summed E-state index contributed by atoms with van der Waals surface area (Å²) in [6.45, 7) is 13.5. The van der Waals surface area contributed by atoms with E-state index < -0.39 is 35.9 Å². The molecule has 5 aliphatic rings. The molecule has 93 heavy (non-hydrogen) atoms. The number of rotatable bonds is 24. The maximum atomic E-state index is 14.7. The van der Waals surface area contributed by atoms with Crippen molar-refractivity contribution in [1.29, 1.82) is 5.26 Å². The molecule has 1 aliphatic carbocycles. The van der Waals surface area contributed by atoms with Crippen molar-refractivity contribution >= 4 is 68.4 Å². The summed E-state index contributed by atoms with van der Waals surface area (Å²) in [5.74, 6) is 1.01. The van der Waals surface area contributed by atoms with Gasteiger partial charge in [0.25, 0.3) is 0 Å². The number of thiazole rings is 1. The van der Waals surface area contributed by atoms with Crippen molar-refractivity contribution in [3.8, 4) is 29.1 Å². The van der Waals surface area contributed by atoms with E-state index >= 15 is 0 Å². The summed E-state index contributed by atoms with van der Waals surface area (Å²) in [6.07, 6.45) is 6.33. The first kappa shape index (κ1) is 66.6. The van der Waals surface area contributed by atoms with Gasteiger partial charge >= 0.3 is 18.2 Å². The fourth-order valence-corrected chi connectivity index (χ4v) is 14.7. The predicted molar refractivity (Wildman–Crippen MR) is 356 cm³/mol. The molecule has 4 fully saturated rings. The lowest BCUT2D eigenvalue weighted by atomic mass is 9.83. The molecule has 2 N–H and O–H groups in total. The number of hydrogen-bond acceptors (Lipinski definition) is 18. The van der Waals surface area contributed by atoms with E-state index in [0.717, 1.165) is 120 Å². The molecule has 0 bridgehead atoms. The van der Waals surface area contributed by atoms with Gasteiger partial charge in [0.1, 0.15) is 47.5 Å². The number of nitrogens with one attached hydrogen (secondary N) is 1. The van der Waals surface area contributed by atoms with Gasteiger partial charge in [-0.1, -0.05) is 79.9 Å². The largest absolute Gasteiger partial charge is 0.491 e. The van der Waals surface area contributed by atoms with Crippen LogP contribution >= 0.6 is 11.3 Å². The highest BCUT2D eigenvalue weighted by molar-refractivity contribution is 7.10. The van der Waals surface area contributed by atoms with Crippen LogP contribution in [-0.4, -0.2) is 199 Å². The molecule has 496 valence electrons. The quantitative estimate of drug-likeness (QED) is 0.0536. The normalized spacial score (nSPS) is 20.3. The fourth-order valence-electron chi connectivity index (χ4n) is 13.7. The molecule has 22 nitrogen and oxygen atoms in total. The van der Waals surface area contributed by atoms with Crippen molar-refractivity contribution < 1.29 is 52.7 Å². The van der Waals surface area contributed by atoms with E-state index in [9.17, 15) is 29.5 Å². The monoisotopic (exact) mass is 1290 g/mol. The van der Waals surface area contributed by atoms with Crippen LogP contribution in [0.15, 0.2) is 84.2 Å². The van der Waals surface area contributed by atoms with Gasteiger partial charge in [-0.2, -0.15) is 15.2 Å². The van der Waals surface area contributed by atoms with Crippen molar-refractivity contribution in [3.05, 3.63) is 101 Å². The Morgan fingerprint density at radius 2 is 1.53 bits per heavy atom. The van der Waals surface area contributed by atoms with Gasteiger partial charge in [-0.15, -0.1) is 11.3 Å². The second-order valence-electron chi connectivity index (χ2n) is 26.1. The van der Waals surface area contributed by atoms with Crippen LogP contribution in [-0.2, 0) is 41.5 Å². The maximum Gasteiger partial charge on any atom is 0.410 e. The first-order chi connectivity index (χ1) is 45.0.